The van der Waals surface area contributed by atoms with Gasteiger partial charge in [-0.25, -0.2) is 0 Å². The molecule has 3 N–H and O–H groups in total. The number of thioether (sulfide) groups is 1. The molecular formula is C29H32N2O5S. The number of aliphatic hydroxyl groups is 1. The lowest BCUT2D eigenvalue weighted by molar-refractivity contribution is -0.245. The number of amides is 2. The van der Waals surface area contributed by atoms with Crippen molar-refractivity contribution in [2.75, 3.05) is 11.1 Å². The van der Waals surface area contributed by atoms with E-state index in [0.717, 1.165) is 38.6 Å². The molecule has 37 heavy (non-hydrogen) atoms. The van der Waals surface area contributed by atoms with Crippen LogP contribution in [0.3, 0.4) is 0 Å². The predicted octanol–water partition coefficient (Wildman–Crippen LogP) is 5.11. The van der Waals surface area contributed by atoms with Gasteiger partial charge in [0.05, 0.1) is 18.8 Å². The number of carbonyl (C=O) groups is 2. The minimum Gasteiger partial charge on any atom is -0.392 e. The van der Waals surface area contributed by atoms with Gasteiger partial charge in [-0.05, 0) is 41.0 Å². The van der Waals surface area contributed by atoms with E-state index in [1.165, 1.54) is 13.8 Å². The van der Waals surface area contributed by atoms with Crippen molar-refractivity contribution in [3.8, 4) is 0 Å². The Morgan fingerprint density at radius 1 is 0.865 bits per heavy atom. The van der Waals surface area contributed by atoms with Gasteiger partial charge in [-0.1, -0.05) is 48.5 Å². The second kappa shape index (κ2) is 12.9. The summed E-state index contributed by atoms with van der Waals surface area (Å²) < 4.78 is 12.8. The first-order chi connectivity index (χ1) is 17.9. The maximum atomic E-state index is 11.3. The number of benzene rings is 3. The maximum absolute atomic E-state index is 11.3. The van der Waals surface area contributed by atoms with E-state index in [-0.39, 0.29) is 30.6 Å². The largest absolute Gasteiger partial charge is 0.392 e. The SMILES string of the molecule is CC(=O)NCc1ccc([C@H]2O[C@@H](CSc3ccc(NC(C)=O)cc3)C[C@@H](c3ccc(CO)cc3)O2)cc1. The Morgan fingerprint density at radius 2 is 1.51 bits per heavy atom. The summed E-state index contributed by atoms with van der Waals surface area (Å²) >= 11 is 1.70. The zero-order valence-electron chi connectivity index (χ0n) is 21.0. The third kappa shape index (κ3) is 7.90. The topological polar surface area (TPSA) is 96.9 Å². The van der Waals surface area contributed by atoms with Crippen molar-refractivity contribution in [3.63, 3.8) is 0 Å². The molecular weight excluding hydrogens is 488 g/mol. The number of nitrogens with one attached hydrogen (secondary N) is 2. The van der Waals surface area contributed by atoms with Gasteiger partial charge in [-0.15, -0.1) is 11.8 Å². The van der Waals surface area contributed by atoms with Gasteiger partial charge in [-0.3, -0.25) is 9.59 Å². The average Bonchev–Trinajstić information content (AvgIpc) is 2.91. The van der Waals surface area contributed by atoms with Crippen LogP contribution >= 0.6 is 11.8 Å². The highest BCUT2D eigenvalue weighted by molar-refractivity contribution is 7.99. The van der Waals surface area contributed by atoms with Crippen molar-refractivity contribution in [3.05, 3.63) is 95.1 Å². The highest BCUT2D eigenvalue weighted by Gasteiger charge is 2.32. The fourth-order valence-corrected chi connectivity index (χ4v) is 4.99. The minimum absolute atomic E-state index is 0.00235. The molecule has 0 saturated carbocycles. The summed E-state index contributed by atoms with van der Waals surface area (Å²) in [7, 11) is 0. The molecule has 2 amide bonds. The number of hydrogen-bond acceptors (Lipinski definition) is 6. The van der Waals surface area contributed by atoms with Crippen molar-refractivity contribution in [1.29, 1.82) is 0 Å². The number of carbonyl (C=O) groups excluding carboxylic acids is 2. The monoisotopic (exact) mass is 520 g/mol. The lowest BCUT2D eigenvalue weighted by atomic mass is 10.0. The Labute approximate surface area is 221 Å². The fraction of sp³-hybridized carbons (Fsp3) is 0.310. The van der Waals surface area contributed by atoms with Crippen LogP contribution in [-0.2, 0) is 32.2 Å². The van der Waals surface area contributed by atoms with Crippen LogP contribution in [0.25, 0.3) is 0 Å². The van der Waals surface area contributed by atoms with Crippen LogP contribution in [0.2, 0.25) is 0 Å². The van der Waals surface area contributed by atoms with Crippen LogP contribution in [0.5, 0.6) is 0 Å². The first kappa shape index (κ1) is 26.9. The zero-order chi connectivity index (χ0) is 26.2. The van der Waals surface area contributed by atoms with Crippen LogP contribution in [-0.4, -0.2) is 28.8 Å². The van der Waals surface area contributed by atoms with E-state index in [4.69, 9.17) is 9.47 Å². The molecule has 0 radical (unpaired) electrons. The van der Waals surface area contributed by atoms with Gasteiger partial charge in [-0.2, -0.15) is 0 Å². The van der Waals surface area contributed by atoms with Gasteiger partial charge < -0.3 is 25.2 Å². The van der Waals surface area contributed by atoms with Crippen molar-refractivity contribution < 1.29 is 24.2 Å². The molecule has 0 aliphatic carbocycles. The molecule has 7 nitrogen and oxygen atoms in total. The Hall–Kier alpha value is -3.17. The van der Waals surface area contributed by atoms with Crippen molar-refractivity contribution in [2.45, 2.75) is 56.8 Å². The number of ether oxygens (including phenoxy) is 2. The highest BCUT2D eigenvalue weighted by Crippen LogP contribution is 2.39. The third-order valence-corrected chi connectivity index (χ3v) is 7.16. The van der Waals surface area contributed by atoms with Gasteiger partial charge in [0, 0.05) is 48.7 Å². The summed E-state index contributed by atoms with van der Waals surface area (Å²) in [5.74, 6) is 0.581. The van der Waals surface area contributed by atoms with Crippen molar-refractivity contribution in [2.24, 2.45) is 0 Å². The quantitative estimate of drug-likeness (QED) is 0.339. The second-order valence-corrected chi connectivity index (χ2v) is 10.1. The summed E-state index contributed by atoms with van der Waals surface area (Å²) in [5, 5.41) is 15.0. The molecule has 3 atom stereocenters. The molecule has 0 aromatic heterocycles. The molecule has 1 aliphatic rings. The van der Waals surface area contributed by atoms with Crippen LogP contribution in [0.15, 0.2) is 77.7 Å². The lowest BCUT2D eigenvalue weighted by Crippen LogP contribution is -2.31. The summed E-state index contributed by atoms with van der Waals surface area (Å²) in [5.41, 5.74) is 4.59. The van der Waals surface area contributed by atoms with Crippen LogP contribution < -0.4 is 10.6 Å². The number of rotatable bonds is 9. The smallest absolute Gasteiger partial charge is 0.221 e. The number of aliphatic hydroxyl groups excluding tert-OH is 1. The fourth-order valence-electron chi connectivity index (χ4n) is 4.07. The average molecular weight is 521 g/mol. The Kier molecular flexibility index (Phi) is 9.35. The molecule has 1 fully saturated rings. The summed E-state index contributed by atoms with van der Waals surface area (Å²) in [6.07, 6.45) is -0.0375. The molecule has 1 aliphatic heterocycles. The van der Waals surface area contributed by atoms with Gasteiger partial charge in [0.25, 0.3) is 0 Å². The molecule has 1 heterocycles. The summed E-state index contributed by atoms with van der Waals surface area (Å²) in [4.78, 5) is 23.6. The highest BCUT2D eigenvalue weighted by atomic mass is 32.2. The third-order valence-electron chi connectivity index (χ3n) is 6.02. The van der Waals surface area contributed by atoms with Crippen LogP contribution in [0.1, 0.15) is 54.9 Å². The summed E-state index contributed by atoms with van der Waals surface area (Å²) in [6.45, 7) is 3.47. The first-order valence-corrected chi connectivity index (χ1v) is 13.2. The van der Waals surface area contributed by atoms with E-state index in [0.29, 0.717) is 13.0 Å². The van der Waals surface area contributed by atoms with E-state index in [2.05, 4.69) is 10.6 Å². The minimum atomic E-state index is -0.529. The predicted molar refractivity (Wildman–Crippen MR) is 144 cm³/mol. The Morgan fingerprint density at radius 3 is 2.14 bits per heavy atom. The number of hydrogen-bond donors (Lipinski definition) is 3. The molecule has 8 heteroatoms. The van der Waals surface area contributed by atoms with E-state index >= 15 is 0 Å². The van der Waals surface area contributed by atoms with E-state index < -0.39 is 6.29 Å². The molecule has 3 aromatic rings. The first-order valence-electron chi connectivity index (χ1n) is 12.2. The second-order valence-electron chi connectivity index (χ2n) is 9.02. The van der Waals surface area contributed by atoms with E-state index in [9.17, 15) is 14.7 Å². The Bertz CT molecular complexity index is 1180. The van der Waals surface area contributed by atoms with E-state index in [1.54, 1.807) is 11.8 Å². The molecule has 3 aromatic carbocycles. The maximum Gasteiger partial charge on any atom is 0.221 e. The molecule has 0 unspecified atom stereocenters. The van der Waals surface area contributed by atoms with Crippen LogP contribution in [0.4, 0.5) is 5.69 Å². The van der Waals surface area contributed by atoms with Crippen molar-refractivity contribution >= 4 is 29.3 Å². The molecule has 0 bridgehead atoms. The summed E-state index contributed by atoms with van der Waals surface area (Å²) in [6, 6.07) is 23.5. The van der Waals surface area contributed by atoms with Crippen molar-refractivity contribution in [1.82, 2.24) is 5.32 Å². The van der Waals surface area contributed by atoms with Gasteiger partial charge in [0.2, 0.25) is 11.8 Å². The van der Waals surface area contributed by atoms with Gasteiger partial charge >= 0.3 is 0 Å². The molecule has 194 valence electrons. The molecule has 4 rings (SSSR count). The zero-order valence-corrected chi connectivity index (χ0v) is 21.8. The van der Waals surface area contributed by atoms with Crippen LogP contribution in [0, 0.1) is 0 Å². The normalized spacial score (nSPS) is 19.3. The lowest BCUT2D eigenvalue weighted by Gasteiger charge is -2.36. The molecule has 0 spiro atoms. The van der Waals surface area contributed by atoms with Gasteiger partial charge in [0.1, 0.15) is 0 Å². The van der Waals surface area contributed by atoms with E-state index in [1.807, 2.05) is 72.8 Å². The molecule has 1 saturated heterocycles. The standard InChI is InChI=1S/C29H32N2O5S/c1-19(33)30-16-21-3-9-24(10-4-21)29-35-26(15-28(36-29)23-7-5-22(17-32)6-8-23)18-37-27-13-11-25(12-14-27)31-20(2)34/h3-14,26,28-29,32H,15-18H2,1-2H3,(H,30,33)(H,31,34)/t26-,28+,29+/m1/s1. The number of anilines is 1. The Balaban J connectivity index is 1.47. The van der Waals surface area contributed by atoms with Gasteiger partial charge in [0.15, 0.2) is 6.29 Å².